The van der Waals surface area contributed by atoms with E-state index in [2.05, 4.69) is 96.3 Å². The number of unbranched alkanes of at least 4 members (excludes halogenated alkanes) is 60. The molecule has 0 saturated heterocycles. The third kappa shape index (κ3) is 52.9. The van der Waals surface area contributed by atoms with E-state index in [0.717, 1.165) is 142 Å². The molecule has 0 fully saturated rings. The zero-order valence-electron chi connectivity index (χ0n) is 91.0. The van der Waals surface area contributed by atoms with Crippen molar-refractivity contribution in [3.05, 3.63) is 250 Å². The zero-order valence-corrected chi connectivity index (χ0v) is 91.0. The van der Waals surface area contributed by atoms with Crippen molar-refractivity contribution in [2.75, 3.05) is 47.7 Å². The van der Waals surface area contributed by atoms with E-state index in [0.29, 0.717) is 35.0 Å². The van der Waals surface area contributed by atoms with Crippen molar-refractivity contribution in [3.8, 4) is 70.4 Å². The van der Waals surface area contributed by atoms with Gasteiger partial charge in [0.25, 0.3) is 0 Å². The van der Waals surface area contributed by atoms with E-state index in [1.165, 1.54) is 385 Å². The molecule has 146 heavy (non-hydrogen) atoms. The molecule has 0 spiro atoms. The average molecular weight is 1970 g/mol. The molecule has 0 aliphatic carbocycles. The third-order valence-corrected chi connectivity index (χ3v) is 28.0. The lowest BCUT2D eigenvalue weighted by atomic mass is 10.0. The maximum atomic E-state index is 6.18. The summed E-state index contributed by atoms with van der Waals surface area (Å²) >= 11 is 0. The topological polar surface area (TPSA) is 134 Å². The molecule has 2 aliphatic rings. The molecule has 10 rings (SSSR count). The van der Waals surface area contributed by atoms with Crippen LogP contribution in [0.1, 0.15) is 483 Å². The highest BCUT2D eigenvalue weighted by molar-refractivity contribution is 6.51. The second kappa shape index (κ2) is 77.2. The molecule has 0 radical (unpaired) electrons. The fourth-order valence-corrected chi connectivity index (χ4v) is 18.8. The molecule has 2 aliphatic heterocycles. The molecular formula is C134H184N8O4. The number of ether oxygens (including phenoxy) is 4. The first kappa shape index (κ1) is 117. The van der Waals surface area contributed by atoms with Crippen molar-refractivity contribution < 1.29 is 18.9 Å². The largest absolute Gasteiger partial charge is 0.494 e. The van der Waals surface area contributed by atoms with Crippen LogP contribution < -0.4 is 40.2 Å². The summed E-state index contributed by atoms with van der Waals surface area (Å²) in [6.45, 7) is 12.1. The van der Waals surface area contributed by atoms with Crippen LogP contribution in [0.4, 0.5) is 22.7 Å². The van der Waals surface area contributed by atoms with Crippen LogP contribution in [0.3, 0.4) is 0 Å². The van der Waals surface area contributed by atoms with Gasteiger partial charge in [-0.25, -0.2) is 20.0 Å². The maximum absolute atomic E-state index is 6.18. The lowest BCUT2D eigenvalue weighted by molar-refractivity contribution is 0.304. The molecule has 784 valence electrons. The lowest BCUT2D eigenvalue weighted by Gasteiger charge is -2.11. The molecule has 8 aromatic rings. The summed E-state index contributed by atoms with van der Waals surface area (Å²) < 4.78 is 24.7. The van der Waals surface area contributed by atoms with Crippen LogP contribution in [-0.2, 0) is 0 Å². The smallest absolute Gasteiger partial charge is 0.202 e. The second-order valence-corrected chi connectivity index (χ2v) is 41.0. The standard InChI is InChI=1S/C134H184N8O4/c1-5-9-13-17-21-25-29-33-37-41-45-49-53-57-61-65-109-143-125-101-85-117(86-102-125)73-69-113-77-93-121(94-78-113)135-129-130(136-122-95-79-114(80-96-122)70-74-118-87-103-126(104-88-118)144-110-66-62-58-54-50-46-42-38-34-30-26-22-18-14-10-6-2)140-133(139-129)134-141-131(137-123-97-81-115(82-98-123)71-75-119-89-105-127(106-90-119)145-111-67-63-59-55-51-47-43-39-35-31-27-23-19-15-11-7-3)132(142-134)138-124-99-83-116(84-100-124)72-76-120-91-107-128(108-92-120)146-112-68-64-60-56-52-48-44-40-36-32-28-24-20-16-12-8-4/h77-108H,5-68,109-112H2,1-4H3,(H,135,139)(H,136,140)(H,137,141)(H,138,142). The van der Waals surface area contributed by atoms with Crippen LogP contribution in [0.15, 0.2) is 226 Å². The Morgan fingerprint density at radius 2 is 0.267 bits per heavy atom. The summed E-state index contributed by atoms with van der Waals surface area (Å²) in [5, 5.41) is 14.4. The number of anilines is 4. The molecule has 0 unspecified atom stereocenters. The molecule has 0 atom stereocenters. The quantitative estimate of drug-likeness (QED) is 0.0219. The molecule has 8 aromatic carbocycles. The van der Waals surface area contributed by atoms with Crippen LogP contribution in [0, 0.1) is 47.4 Å². The Hall–Kier alpha value is -11.2. The Morgan fingerprint density at radius 3 is 0.397 bits per heavy atom. The van der Waals surface area contributed by atoms with Crippen molar-refractivity contribution in [2.24, 2.45) is 20.0 Å². The first-order chi connectivity index (χ1) is 72.3. The van der Waals surface area contributed by atoms with Crippen LogP contribution in [0.2, 0.25) is 0 Å². The van der Waals surface area contributed by atoms with Gasteiger partial charge in [0.05, 0.1) is 26.4 Å². The summed E-state index contributed by atoms with van der Waals surface area (Å²) in [5.74, 6) is 33.1. The Labute approximate surface area is 886 Å². The molecule has 0 amide bonds. The fraction of sp³-hybridized carbons (Fsp3) is 0.537. The molecule has 4 N–H and O–H groups in total. The van der Waals surface area contributed by atoms with Crippen LogP contribution in [0.5, 0.6) is 23.0 Å². The minimum Gasteiger partial charge on any atom is -0.494 e. The maximum Gasteiger partial charge on any atom is 0.202 e. The van der Waals surface area contributed by atoms with Gasteiger partial charge in [0.2, 0.25) is 11.6 Å². The van der Waals surface area contributed by atoms with Crippen molar-refractivity contribution >= 4 is 46.1 Å². The monoisotopic (exact) mass is 1970 g/mol. The lowest BCUT2D eigenvalue weighted by Crippen LogP contribution is -2.27. The normalized spacial score (nSPS) is 12.0. The van der Waals surface area contributed by atoms with Gasteiger partial charge < -0.3 is 40.2 Å². The molecule has 0 aromatic heterocycles. The number of aliphatic imine (C=N–C) groups is 4. The Bertz CT molecular complexity index is 4560. The van der Waals surface area contributed by atoms with Gasteiger partial charge >= 0.3 is 0 Å². The van der Waals surface area contributed by atoms with Gasteiger partial charge in [-0.3, -0.25) is 0 Å². The number of nitrogens with one attached hydrogen (secondary N) is 4. The van der Waals surface area contributed by atoms with Crippen molar-refractivity contribution in [3.63, 3.8) is 0 Å². The summed E-state index contributed by atoms with van der Waals surface area (Å²) in [4.78, 5) is 20.7. The van der Waals surface area contributed by atoms with Crippen molar-refractivity contribution in [1.29, 1.82) is 0 Å². The summed E-state index contributed by atoms with van der Waals surface area (Å²) in [5.41, 5.74) is 10.4. The van der Waals surface area contributed by atoms with Crippen LogP contribution >= 0.6 is 0 Å². The van der Waals surface area contributed by atoms with Crippen molar-refractivity contribution in [2.45, 2.75) is 439 Å². The summed E-state index contributed by atoms with van der Waals surface area (Å²) in [7, 11) is 0. The molecule has 12 heteroatoms. The zero-order chi connectivity index (χ0) is 102. The molecule has 0 bridgehead atoms. The number of hydrogen-bond acceptors (Lipinski definition) is 12. The Balaban J connectivity index is 0.771. The highest BCUT2D eigenvalue weighted by Gasteiger charge is 2.27. The van der Waals surface area contributed by atoms with Gasteiger partial charge in [-0.15, -0.1) is 0 Å². The van der Waals surface area contributed by atoms with Crippen LogP contribution in [-0.4, -0.2) is 49.8 Å². The van der Waals surface area contributed by atoms with Crippen molar-refractivity contribution in [1.82, 2.24) is 0 Å². The number of nitrogens with zero attached hydrogens (tertiary/aromatic N) is 4. The Morgan fingerprint density at radius 1 is 0.151 bits per heavy atom. The first-order valence-electron chi connectivity index (χ1n) is 58.9. The number of rotatable bonds is 76. The highest BCUT2D eigenvalue weighted by Crippen LogP contribution is 2.30. The van der Waals surface area contributed by atoms with Gasteiger partial charge in [-0.05, 0) is 220 Å². The second-order valence-electron chi connectivity index (χ2n) is 41.0. The van der Waals surface area contributed by atoms with E-state index in [1.807, 2.05) is 194 Å². The van der Waals surface area contributed by atoms with E-state index in [9.17, 15) is 0 Å². The number of amidine groups is 4. The Kier molecular flexibility index (Phi) is 61.8. The van der Waals surface area contributed by atoms with E-state index in [1.54, 1.807) is 0 Å². The van der Waals surface area contributed by atoms with Gasteiger partial charge in [0.15, 0.2) is 23.3 Å². The van der Waals surface area contributed by atoms with E-state index < -0.39 is 0 Å². The number of hydrogen-bond donors (Lipinski definition) is 4. The molecule has 0 saturated carbocycles. The highest BCUT2D eigenvalue weighted by atomic mass is 16.5. The first-order valence-corrected chi connectivity index (χ1v) is 58.9. The molecular weight excluding hydrogens is 1790 g/mol. The minimum absolute atomic E-state index is 0.311. The van der Waals surface area contributed by atoms with Crippen LogP contribution in [0.25, 0.3) is 0 Å². The predicted octanol–water partition coefficient (Wildman–Crippen LogP) is 38.3. The number of benzene rings is 8. The van der Waals surface area contributed by atoms with Gasteiger partial charge in [-0.2, -0.15) is 0 Å². The van der Waals surface area contributed by atoms with Gasteiger partial charge in [0.1, 0.15) is 23.0 Å². The average Bonchev–Trinajstić information content (AvgIpc) is 1.64. The molecule has 12 nitrogen and oxygen atoms in total. The fourth-order valence-electron chi connectivity index (χ4n) is 18.8. The minimum atomic E-state index is 0.311. The summed E-state index contributed by atoms with van der Waals surface area (Å²) in [6.07, 6.45) is 86.6. The SMILES string of the molecule is CCCCCCCCCCCCCCCCCCOc1ccc(C#Cc2ccc(NC3=NC(=C4N=C(Nc5ccc(C#Cc6ccc(OCCCCCCCCCCCCCCCCCC)cc6)cc5)C(Nc5ccc(C#Cc6ccc(OCCCCCCCCCCCCCCCCCC)cc6)cc5)=N4)N=C3Nc3ccc(C#Cc4ccc(OCCCCCCCCCCCCCCCCCC)cc4)cc3)cc2)cc1. The van der Waals surface area contributed by atoms with Gasteiger partial charge in [0, 0.05) is 67.3 Å². The summed E-state index contributed by atoms with van der Waals surface area (Å²) in [6, 6.07) is 64.8. The predicted molar refractivity (Wildman–Crippen MR) is 627 cm³/mol. The van der Waals surface area contributed by atoms with E-state index in [4.69, 9.17) is 38.9 Å². The van der Waals surface area contributed by atoms with E-state index in [-0.39, 0.29) is 0 Å². The molecule has 2 heterocycles. The third-order valence-electron chi connectivity index (χ3n) is 28.0. The van der Waals surface area contributed by atoms with E-state index >= 15 is 0 Å². The van der Waals surface area contributed by atoms with Gasteiger partial charge in [-0.1, -0.05) is 460 Å².